The first-order chi connectivity index (χ1) is 12.6. The van der Waals surface area contributed by atoms with Crippen molar-refractivity contribution in [3.8, 4) is 11.5 Å². The van der Waals surface area contributed by atoms with Crippen LogP contribution < -0.4 is 14.8 Å². The van der Waals surface area contributed by atoms with E-state index in [1.54, 1.807) is 14.2 Å². The maximum absolute atomic E-state index is 13.1. The Labute approximate surface area is 159 Å². The Hall–Kier alpha value is -2.20. The standard InChI is InChI=1S/C21H24ClNO3/c1-25-18-11-15(12-19(13-18)26-2)14-23-20(24)21(9-3-4-10-21)16-5-7-17(22)8-6-16/h5-8,11-13H,3-4,9-10,14H2,1-2H3,(H,23,24). The highest BCUT2D eigenvalue weighted by molar-refractivity contribution is 6.30. The van der Waals surface area contributed by atoms with Crippen LogP contribution in [0.2, 0.25) is 5.02 Å². The lowest BCUT2D eigenvalue weighted by Crippen LogP contribution is -2.42. The first-order valence-electron chi connectivity index (χ1n) is 8.84. The van der Waals surface area contributed by atoms with Gasteiger partial charge in [-0.3, -0.25) is 4.79 Å². The SMILES string of the molecule is COc1cc(CNC(=O)C2(c3ccc(Cl)cc3)CCCC2)cc(OC)c1. The second kappa shape index (κ2) is 8.00. The number of nitrogens with one attached hydrogen (secondary N) is 1. The number of halogens is 1. The summed E-state index contributed by atoms with van der Waals surface area (Å²) >= 11 is 6.02. The van der Waals surface area contributed by atoms with E-state index in [1.807, 2.05) is 42.5 Å². The Balaban J connectivity index is 1.78. The minimum absolute atomic E-state index is 0.0686. The molecule has 0 bridgehead atoms. The van der Waals surface area contributed by atoms with E-state index < -0.39 is 5.41 Å². The van der Waals surface area contributed by atoms with Gasteiger partial charge in [-0.2, -0.15) is 0 Å². The quantitative estimate of drug-likeness (QED) is 0.811. The third-order valence-electron chi connectivity index (χ3n) is 5.15. The van der Waals surface area contributed by atoms with Gasteiger partial charge in [0, 0.05) is 17.6 Å². The van der Waals surface area contributed by atoms with E-state index in [4.69, 9.17) is 21.1 Å². The average Bonchev–Trinajstić information content (AvgIpc) is 3.17. The van der Waals surface area contributed by atoms with Crippen LogP contribution in [0.5, 0.6) is 11.5 Å². The van der Waals surface area contributed by atoms with Gasteiger partial charge in [-0.05, 0) is 48.2 Å². The summed E-state index contributed by atoms with van der Waals surface area (Å²) in [6, 6.07) is 13.3. The summed E-state index contributed by atoms with van der Waals surface area (Å²) in [6.45, 7) is 0.432. The molecule has 5 heteroatoms. The van der Waals surface area contributed by atoms with Crippen molar-refractivity contribution in [1.29, 1.82) is 0 Å². The van der Waals surface area contributed by atoms with Gasteiger partial charge in [0.05, 0.1) is 19.6 Å². The monoisotopic (exact) mass is 373 g/mol. The number of carbonyl (C=O) groups excluding carboxylic acids is 1. The van der Waals surface area contributed by atoms with Crippen LogP contribution in [0, 0.1) is 0 Å². The van der Waals surface area contributed by atoms with Crippen LogP contribution in [0.15, 0.2) is 42.5 Å². The molecule has 0 heterocycles. The number of methoxy groups -OCH3 is 2. The summed E-state index contributed by atoms with van der Waals surface area (Å²) in [5.41, 5.74) is 1.52. The Morgan fingerprint density at radius 3 is 2.15 bits per heavy atom. The molecule has 0 atom stereocenters. The lowest BCUT2D eigenvalue weighted by atomic mass is 9.78. The maximum atomic E-state index is 13.1. The number of rotatable bonds is 6. The molecule has 0 aromatic heterocycles. The van der Waals surface area contributed by atoms with E-state index in [0.29, 0.717) is 23.1 Å². The average molecular weight is 374 g/mol. The topological polar surface area (TPSA) is 47.6 Å². The van der Waals surface area contributed by atoms with Crippen LogP contribution in [0.25, 0.3) is 0 Å². The summed E-state index contributed by atoms with van der Waals surface area (Å²) in [6.07, 6.45) is 3.84. The molecule has 2 aromatic rings. The highest BCUT2D eigenvalue weighted by atomic mass is 35.5. The molecule has 1 saturated carbocycles. The molecule has 2 aromatic carbocycles. The lowest BCUT2D eigenvalue weighted by Gasteiger charge is -2.28. The van der Waals surface area contributed by atoms with Crippen molar-refractivity contribution in [3.63, 3.8) is 0 Å². The number of hydrogen-bond donors (Lipinski definition) is 1. The Kier molecular flexibility index (Phi) is 5.72. The van der Waals surface area contributed by atoms with Gasteiger partial charge >= 0.3 is 0 Å². The van der Waals surface area contributed by atoms with Gasteiger partial charge in [-0.1, -0.05) is 36.6 Å². The molecule has 26 heavy (non-hydrogen) atoms. The molecule has 0 unspecified atom stereocenters. The Morgan fingerprint density at radius 2 is 1.62 bits per heavy atom. The van der Waals surface area contributed by atoms with Crippen molar-refractivity contribution >= 4 is 17.5 Å². The zero-order valence-electron chi connectivity index (χ0n) is 15.2. The second-order valence-electron chi connectivity index (χ2n) is 6.70. The minimum atomic E-state index is -0.465. The third kappa shape index (κ3) is 3.80. The molecule has 0 spiro atoms. The first-order valence-corrected chi connectivity index (χ1v) is 9.21. The number of ether oxygens (including phenoxy) is 2. The van der Waals surface area contributed by atoms with E-state index in [-0.39, 0.29) is 5.91 Å². The fraction of sp³-hybridized carbons (Fsp3) is 0.381. The molecule has 138 valence electrons. The van der Waals surface area contributed by atoms with Crippen molar-refractivity contribution < 1.29 is 14.3 Å². The second-order valence-corrected chi connectivity index (χ2v) is 7.14. The predicted octanol–water partition coefficient (Wildman–Crippen LogP) is 4.49. The highest BCUT2D eigenvalue weighted by Crippen LogP contribution is 2.41. The lowest BCUT2D eigenvalue weighted by molar-refractivity contribution is -0.126. The molecule has 0 radical (unpaired) electrons. The van der Waals surface area contributed by atoms with E-state index in [9.17, 15) is 4.79 Å². The zero-order valence-corrected chi connectivity index (χ0v) is 15.9. The van der Waals surface area contributed by atoms with Crippen LogP contribution in [0.4, 0.5) is 0 Å². The van der Waals surface area contributed by atoms with Gasteiger partial charge in [0.15, 0.2) is 0 Å². The van der Waals surface area contributed by atoms with Gasteiger partial charge in [0.2, 0.25) is 5.91 Å². The molecule has 3 rings (SSSR count). The summed E-state index contributed by atoms with van der Waals surface area (Å²) in [5.74, 6) is 1.49. The van der Waals surface area contributed by atoms with E-state index in [2.05, 4.69) is 5.32 Å². The van der Waals surface area contributed by atoms with Crippen LogP contribution >= 0.6 is 11.6 Å². The van der Waals surface area contributed by atoms with Crippen molar-refractivity contribution in [2.24, 2.45) is 0 Å². The molecule has 0 aliphatic heterocycles. The molecular weight excluding hydrogens is 350 g/mol. The molecule has 1 amide bonds. The van der Waals surface area contributed by atoms with Crippen LogP contribution in [0.3, 0.4) is 0 Å². The molecular formula is C21H24ClNO3. The molecule has 1 aliphatic rings. The number of benzene rings is 2. The minimum Gasteiger partial charge on any atom is -0.497 e. The third-order valence-corrected chi connectivity index (χ3v) is 5.40. The van der Waals surface area contributed by atoms with E-state index in [1.165, 1.54) is 0 Å². The smallest absolute Gasteiger partial charge is 0.230 e. The summed E-state index contributed by atoms with van der Waals surface area (Å²) in [7, 11) is 3.23. The predicted molar refractivity (Wildman–Crippen MR) is 103 cm³/mol. The number of hydrogen-bond acceptors (Lipinski definition) is 3. The molecule has 1 fully saturated rings. The van der Waals surface area contributed by atoms with Gasteiger partial charge in [-0.25, -0.2) is 0 Å². The number of carbonyl (C=O) groups is 1. The molecule has 0 saturated heterocycles. The van der Waals surface area contributed by atoms with Gasteiger partial charge in [0.1, 0.15) is 11.5 Å². The Bertz CT molecular complexity index is 745. The van der Waals surface area contributed by atoms with Crippen LogP contribution in [0.1, 0.15) is 36.8 Å². The normalized spacial score (nSPS) is 15.5. The van der Waals surface area contributed by atoms with Crippen molar-refractivity contribution in [3.05, 3.63) is 58.6 Å². The van der Waals surface area contributed by atoms with Gasteiger partial charge in [0.25, 0.3) is 0 Å². The van der Waals surface area contributed by atoms with Gasteiger partial charge < -0.3 is 14.8 Å². The fourth-order valence-electron chi connectivity index (χ4n) is 3.71. The number of amides is 1. The summed E-state index contributed by atoms with van der Waals surface area (Å²) in [4.78, 5) is 13.1. The first kappa shape index (κ1) is 18.6. The van der Waals surface area contributed by atoms with Gasteiger partial charge in [-0.15, -0.1) is 0 Å². The van der Waals surface area contributed by atoms with E-state index in [0.717, 1.165) is 36.8 Å². The van der Waals surface area contributed by atoms with Crippen molar-refractivity contribution in [1.82, 2.24) is 5.32 Å². The highest BCUT2D eigenvalue weighted by Gasteiger charge is 2.42. The summed E-state index contributed by atoms with van der Waals surface area (Å²) < 4.78 is 10.6. The fourth-order valence-corrected chi connectivity index (χ4v) is 3.84. The van der Waals surface area contributed by atoms with Crippen molar-refractivity contribution in [2.75, 3.05) is 14.2 Å². The van der Waals surface area contributed by atoms with Crippen LogP contribution in [-0.4, -0.2) is 20.1 Å². The zero-order chi connectivity index (χ0) is 18.6. The molecule has 1 aliphatic carbocycles. The maximum Gasteiger partial charge on any atom is 0.230 e. The molecule has 4 nitrogen and oxygen atoms in total. The largest absolute Gasteiger partial charge is 0.497 e. The summed E-state index contributed by atoms with van der Waals surface area (Å²) in [5, 5.41) is 3.80. The van der Waals surface area contributed by atoms with Crippen molar-refractivity contribution in [2.45, 2.75) is 37.6 Å². The molecule has 1 N–H and O–H groups in total. The Morgan fingerprint density at radius 1 is 1.04 bits per heavy atom. The van der Waals surface area contributed by atoms with E-state index >= 15 is 0 Å². The van der Waals surface area contributed by atoms with Crippen LogP contribution in [-0.2, 0) is 16.8 Å².